The summed E-state index contributed by atoms with van der Waals surface area (Å²) in [6.07, 6.45) is 6.35. The van der Waals surface area contributed by atoms with Crippen LogP contribution in [0.15, 0.2) is 41.8 Å². The molecule has 2 fully saturated rings. The monoisotopic (exact) mass is 429 g/mol. The minimum absolute atomic E-state index is 0.280. The predicted octanol–water partition coefficient (Wildman–Crippen LogP) is 1.90. The molecule has 2 atom stereocenters. The zero-order chi connectivity index (χ0) is 21.2. The Morgan fingerprint density at radius 2 is 2.03 bits per heavy atom. The summed E-state index contributed by atoms with van der Waals surface area (Å²) in [4.78, 5) is 27.8. The van der Waals surface area contributed by atoms with Gasteiger partial charge < -0.3 is 20.1 Å². The van der Waals surface area contributed by atoms with E-state index in [1.165, 1.54) is 11.8 Å². The largest absolute Gasteiger partial charge is 0.388 e. The Bertz CT molecular complexity index is 891. The lowest BCUT2D eigenvalue weighted by atomic mass is 9.73. The smallest absolute Gasteiger partial charge is 0.270 e. The van der Waals surface area contributed by atoms with Crippen molar-refractivity contribution in [2.75, 3.05) is 30.9 Å². The molecule has 4 heterocycles. The van der Waals surface area contributed by atoms with E-state index in [4.69, 9.17) is 4.74 Å². The summed E-state index contributed by atoms with van der Waals surface area (Å²) >= 11 is 1.51. The van der Waals surface area contributed by atoms with Gasteiger partial charge in [-0.25, -0.2) is 9.97 Å². The van der Waals surface area contributed by atoms with Crippen LogP contribution in [0.25, 0.3) is 0 Å². The average Bonchev–Trinajstić information content (AvgIpc) is 2.79. The lowest BCUT2D eigenvalue weighted by molar-refractivity contribution is -0.195. The van der Waals surface area contributed by atoms with Crippen molar-refractivity contribution in [3.8, 4) is 0 Å². The van der Waals surface area contributed by atoms with Crippen LogP contribution in [0.2, 0.25) is 0 Å². The molecule has 0 radical (unpaired) electrons. The first-order valence-electron chi connectivity index (χ1n) is 10.1. The number of rotatable bonds is 4. The van der Waals surface area contributed by atoms with E-state index >= 15 is 0 Å². The zero-order valence-corrected chi connectivity index (χ0v) is 18.1. The Hall–Kier alpha value is -2.23. The van der Waals surface area contributed by atoms with Crippen LogP contribution in [0.5, 0.6) is 0 Å². The Kier molecular flexibility index (Phi) is 5.95. The molecule has 0 aliphatic carbocycles. The number of aliphatic hydroxyl groups is 1. The van der Waals surface area contributed by atoms with Gasteiger partial charge in [-0.1, -0.05) is 17.8 Å². The first-order valence-corrected chi connectivity index (χ1v) is 11.4. The van der Waals surface area contributed by atoms with Crippen LogP contribution in [0, 0.1) is 0 Å². The second kappa shape index (κ2) is 8.49. The molecule has 8 nitrogen and oxygen atoms in total. The van der Waals surface area contributed by atoms with Gasteiger partial charge in [0.15, 0.2) is 5.16 Å². The molecule has 1 spiro atoms. The molecule has 0 saturated carbocycles. The standard InChI is InChI=1S/C21H27N5O3S/c1-20(25-17(27)15-5-3-4-10-22-15)9-14-29-21(18(20)28)7-12-26(13-8-21)16-6-11-23-19(24-16)30-2/h3-6,10-11,18,28H,7-9,12-14H2,1-2H3,(H,25,27)/t18-,20+/m0/s1. The number of carbonyl (C=O) groups is 1. The molecule has 160 valence electrons. The fourth-order valence-electron chi connectivity index (χ4n) is 4.35. The molecule has 9 heteroatoms. The highest BCUT2D eigenvalue weighted by molar-refractivity contribution is 7.98. The van der Waals surface area contributed by atoms with Gasteiger partial charge in [-0.3, -0.25) is 9.78 Å². The third kappa shape index (κ3) is 4.01. The Morgan fingerprint density at radius 1 is 1.23 bits per heavy atom. The maximum atomic E-state index is 12.7. The number of ether oxygens (including phenoxy) is 1. The van der Waals surface area contributed by atoms with Crippen LogP contribution in [-0.2, 0) is 4.74 Å². The van der Waals surface area contributed by atoms with Crippen molar-refractivity contribution >= 4 is 23.5 Å². The van der Waals surface area contributed by atoms with Crippen molar-refractivity contribution in [3.05, 3.63) is 42.4 Å². The topological polar surface area (TPSA) is 100 Å². The number of amides is 1. The molecule has 2 aromatic heterocycles. The molecule has 2 aliphatic heterocycles. The molecule has 1 amide bonds. The number of anilines is 1. The van der Waals surface area contributed by atoms with Gasteiger partial charge in [0.1, 0.15) is 17.6 Å². The highest BCUT2D eigenvalue weighted by Crippen LogP contribution is 2.40. The lowest BCUT2D eigenvalue weighted by Crippen LogP contribution is -2.69. The number of hydrogen-bond acceptors (Lipinski definition) is 8. The van der Waals surface area contributed by atoms with E-state index in [1.807, 2.05) is 19.2 Å². The molecule has 4 rings (SSSR count). The van der Waals surface area contributed by atoms with Crippen LogP contribution in [0.4, 0.5) is 5.82 Å². The summed E-state index contributed by atoms with van der Waals surface area (Å²) in [5, 5.41) is 15.1. The molecule has 0 aromatic carbocycles. The highest BCUT2D eigenvalue weighted by atomic mass is 32.2. The summed E-state index contributed by atoms with van der Waals surface area (Å²) in [6, 6.07) is 7.12. The van der Waals surface area contributed by atoms with E-state index in [0.29, 0.717) is 44.7 Å². The second-order valence-corrected chi connectivity index (χ2v) is 8.81. The highest BCUT2D eigenvalue weighted by Gasteiger charge is 2.54. The minimum atomic E-state index is -0.819. The maximum absolute atomic E-state index is 12.7. The molecule has 2 aliphatic rings. The number of pyridine rings is 1. The van der Waals surface area contributed by atoms with Crippen molar-refractivity contribution in [1.82, 2.24) is 20.3 Å². The van der Waals surface area contributed by atoms with Crippen LogP contribution < -0.4 is 10.2 Å². The van der Waals surface area contributed by atoms with Crippen molar-refractivity contribution in [3.63, 3.8) is 0 Å². The number of thioether (sulfide) groups is 1. The molecule has 2 N–H and O–H groups in total. The first kappa shape index (κ1) is 21.0. The number of aliphatic hydroxyl groups excluding tert-OH is 1. The van der Waals surface area contributed by atoms with Gasteiger partial charge in [0.25, 0.3) is 5.91 Å². The average molecular weight is 430 g/mol. The van der Waals surface area contributed by atoms with Crippen molar-refractivity contribution in [2.45, 2.75) is 48.6 Å². The third-order valence-electron chi connectivity index (χ3n) is 6.14. The number of hydrogen-bond donors (Lipinski definition) is 2. The maximum Gasteiger partial charge on any atom is 0.270 e. The van der Waals surface area contributed by atoms with E-state index < -0.39 is 17.2 Å². The fourth-order valence-corrected chi connectivity index (χ4v) is 4.70. The number of carbonyl (C=O) groups excluding carboxylic acids is 1. The fraction of sp³-hybridized carbons (Fsp3) is 0.524. The van der Waals surface area contributed by atoms with Gasteiger partial charge in [-0.05, 0) is 50.6 Å². The van der Waals surface area contributed by atoms with Crippen molar-refractivity contribution < 1.29 is 14.6 Å². The molecule has 30 heavy (non-hydrogen) atoms. The quantitative estimate of drug-likeness (QED) is 0.562. The van der Waals surface area contributed by atoms with E-state index in [-0.39, 0.29) is 5.91 Å². The SMILES string of the molecule is CSc1nccc(N2CCC3(CC2)OCC[C@@](C)(NC(=O)c2ccccn2)[C@@H]3O)n1. The summed E-state index contributed by atoms with van der Waals surface area (Å²) in [5.74, 6) is 0.609. The van der Waals surface area contributed by atoms with E-state index in [2.05, 4.69) is 25.2 Å². The van der Waals surface area contributed by atoms with Crippen molar-refractivity contribution in [2.24, 2.45) is 0 Å². The van der Waals surface area contributed by atoms with Crippen LogP contribution in [-0.4, -0.2) is 69.2 Å². The molecule has 0 unspecified atom stereocenters. The number of nitrogens with zero attached hydrogens (tertiary/aromatic N) is 4. The van der Waals surface area contributed by atoms with Crippen molar-refractivity contribution in [1.29, 1.82) is 0 Å². The Labute approximate surface area is 180 Å². The van der Waals surface area contributed by atoms with Gasteiger partial charge >= 0.3 is 0 Å². The van der Waals surface area contributed by atoms with Gasteiger partial charge in [-0.15, -0.1) is 0 Å². The summed E-state index contributed by atoms with van der Waals surface area (Å²) in [7, 11) is 0. The summed E-state index contributed by atoms with van der Waals surface area (Å²) in [6.45, 7) is 3.81. The van der Waals surface area contributed by atoms with E-state index in [0.717, 1.165) is 11.0 Å². The van der Waals surface area contributed by atoms with Gasteiger partial charge in [-0.2, -0.15) is 0 Å². The van der Waals surface area contributed by atoms with E-state index in [9.17, 15) is 9.90 Å². The Morgan fingerprint density at radius 3 is 2.73 bits per heavy atom. The molecule has 2 saturated heterocycles. The van der Waals surface area contributed by atoms with Crippen LogP contribution in [0.3, 0.4) is 0 Å². The van der Waals surface area contributed by atoms with Gasteiger partial charge in [0.2, 0.25) is 0 Å². The number of nitrogens with one attached hydrogen (secondary N) is 1. The first-order chi connectivity index (χ1) is 14.5. The number of aromatic nitrogens is 3. The zero-order valence-electron chi connectivity index (χ0n) is 17.2. The minimum Gasteiger partial charge on any atom is -0.388 e. The lowest BCUT2D eigenvalue weighted by Gasteiger charge is -2.53. The third-order valence-corrected chi connectivity index (χ3v) is 6.71. The van der Waals surface area contributed by atoms with E-state index in [1.54, 1.807) is 30.6 Å². The van der Waals surface area contributed by atoms with Gasteiger partial charge in [0.05, 0.1) is 11.1 Å². The molecule has 2 aromatic rings. The molecule has 0 bridgehead atoms. The predicted molar refractivity (Wildman–Crippen MR) is 115 cm³/mol. The van der Waals surface area contributed by atoms with Crippen LogP contribution in [0.1, 0.15) is 36.7 Å². The molecular weight excluding hydrogens is 402 g/mol. The number of piperidine rings is 1. The summed E-state index contributed by atoms with van der Waals surface area (Å²) in [5.41, 5.74) is -1.12. The summed E-state index contributed by atoms with van der Waals surface area (Å²) < 4.78 is 6.15. The Balaban J connectivity index is 1.46. The molecular formula is C21H27N5O3S. The normalized spacial score (nSPS) is 25.8. The van der Waals surface area contributed by atoms with Crippen LogP contribution >= 0.6 is 11.8 Å². The second-order valence-electron chi connectivity index (χ2n) is 8.04. The van der Waals surface area contributed by atoms with Gasteiger partial charge in [0, 0.05) is 32.1 Å².